The largest absolute Gasteiger partial charge is 0.491 e. The van der Waals surface area contributed by atoms with E-state index in [1.165, 1.54) is 13.1 Å². The molecule has 0 bridgehead atoms. The Labute approximate surface area is 151 Å². The minimum Gasteiger partial charge on any atom is -0.491 e. The Morgan fingerprint density at radius 1 is 1.42 bits per heavy atom. The Morgan fingerprint density at radius 2 is 2.08 bits per heavy atom. The van der Waals surface area contributed by atoms with Gasteiger partial charge in [0.2, 0.25) is 0 Å². The highest BCUT2D eigenvalue weighted by Crippen LogP contribution is 2.23. The van der Waals surface area contributed by atoms with Gasteiger partial charge in [-0.1, -0.05) is 0 Å². The molecule has 0 atom stereocenters. The summed E-state index contributed by atoms with van der Waals surface area (Å²) in [4.78, 5) is 29.5. The van der Waals surface area contributed by atoms with Crippen LogP contribution in [0.4, 0.5) is 4.79 Å². The number of hydrogen-bond donors (Lipinski definition) is 1. The van der Waals surface area contributed by atoms with Crippen LogP contribution in [0.15, 0.2) is 6.07 Å². The third-order valence-corrected chi connectivity index (χ3v) is 2.99. The van der Waals surface area contributed by atoms with Gasteiger partial charge in [0.15, 0.2) is 11.4 Å². The first-order valence-electron chi connectivity index (χ1n) is 7.79. The van der Waals surface area contributed by atoms with Crippen LogP contribution in [0.5, 0.6) is 5.75 Å². The van der Waals surface area contributed by atoms with E-state index in [4.69, 9.17) is 14.9 Å². The van der Waals surface area contributed by atoms with Gasteiger partial charge < -0.3 is 9.47 Å². The van der Waals surface area contributed by atoms with Crippen molar-refractivity contribution < 1.29 is 19.1 Å². The molecule has 26 heavy (non-hydrogen) atoms. The van der Waals surface area contributed by atoms with Crippen LogP contribution in [0.3, 0.4) is 0 Å². The number of rotatable bonds is 5. The number of aromatic nitrogens is 1. The predicted molar refractivity (Wildman–Crippen MR) is 90.4 cm³/mol. The van der Waals surface area contributed by atoms with Crippen molar-refractivity contribution in [2.75, 3.05) is 13.7 Å². The van der Waals surface area contributed by atoms with Gasteiger partial charge in [-0.2, -0.15) is 5.26 Å². The SMILES string of the molecule is CCOc1cc(CN[N+]#N)c(C#N)nc1C(=O)N(C)C(=O)OC(C)(C)C. The Balaban J connectivity index is 3.28. The van der Waals surface area contributed by atoms with Crippen molar-refractivity contribution >= 4 is 12.0 Å². The second kappa shape index (κ2) is 8.62. The smallest absolute Gasteiger partial charge is 0.417 e. The van der Waals surface area contributed by atoms with Crippen molar-refractivity contribution in [3.63, 3.8) is 0 Å². The van der Waals surface area contributed by atoms with Crippen LogP contribution in [-0.2, 0) is 11.3 Å². The highest BCUT2D eigenvalue weighted by molar-refractivity contribution is 6.03. The lowest BCUT2D eigenvalue weighted by atomic mass is 10.1. The van der Waals surface area contributed by atoms with Gasteiger partial charge in [-0.15, -0.1) is 0 Å². The van der Waals surface area contributed by atoms with E-state index in [1.54, 1.807) is 27.7 Å². The van der Waals surface area contributed by atoms with Crippen LogP contribution in [0.2, 0.25) is 0 Å². The van der Waals surface area contributed by atoms with Crippen molar-refractivity contribution in [3.8, 4) is 11.8 Å². The number of nitriles is 1. The van der Waals surface area contributed by atoms with Crippen LogP contribution in [0.1, 0.15) is 49.4 Å². The number of nitrogens with zero attached hydrogens (tertiary/aromatic N) is 5. The van der Waals surface area contributed by atoms with Gasteiger partial charge in [0.1, 0.15) is 23.9 Å². The molecule has 0 aliphatic carbocycles. The molecule has 0 spiro atoms. The summed E-state index contributed by atoms with van der Waals surface area (Å²) in [5.41, 5.74) is 1.62. The Kier molecular flexibility index (Phi) is 6.85. The van der Waals surface area contributed by atoms with Crippen LogP contribution in [-0.4, -0.2) is 41.1 Å². The van der Waals surface area contributed by atoms with E-state index in [9.17, 15) is 14.9 Å². The monoisotopic (exact) mass is 361 g/mol. The quantitative estimate of drug-likeness (QED) is 0.623. The van der Waals surface area contributed by atoms with Crippen molar-refractivity contribution in [1.82, 2.24) is 15.3 Å². The standard InChI is InChI=1S/C16H21N6O4/c1-6-25-12-7-10(9-19-21-18)11(8-17)20-13(12)14(23)22(5)15(24)26-16(2,3)4/h7,19H,6,9H2,1-5H3/q+1. The number of carbonyl (C=O) groups excluding carboxylic acids is 2. The van der Waals surface area contributed by atoms with Crippen molar-refractivity contribution in [3.05, 3.63) is 28.1 Å². The maximum Gasteiger partial charge on any atom is 0.417 e. The Hall–Kier alpha value is -3.40. The zero-order valence-corrected chi connectivity index (χ0v) is 15.4. The molecule has 1 N–H and O–H groups in total. The van der Waals surface area contributed by atoms with Crippen molar-refractivity contribution in [1.29, 1.82) is 10.7 Å². The molecule has 0 aliphatic rings. The van der Waals surface area contributed by atoms with Crippen LogP contribution < -0.4 is 10.2 Å². The van der Waals surface area contributed by atoms with E-state index in [2.05, 4.69) is 15.5 Å². The summed E-state index contributed by atoms with van der Waals surface area (Å²) < 4.78 is 10.6. The fraction of sp³-hybridized carbons (Fsp3) is 0.500. The summed E-state index contributed by atoms with van der Waals surface area (Å²) in [5.74, 6) is -0.674. The molecule has 0 saturated heterocycles. The molecular weight excluding hydrogens is 340 g/mol. The summed E-state index contributed by atoms with van der Waals surface area (Å²) in [6.45, 7) is 6.98. The molecule has 0 aliphatic heterocycles. The molecule has 2 amide bonds. The molecule has 0 unspecified atom stereocenters. The number of amides is 2. The predicted octanol–water partition coefficient (Wildman–Crippen LogP) is 2.22. The number of diazo groups is 1. The molecule has 0 aromatic carbocycles. The van der Waals surface area contributed by atoms with Gasteiger partial charge in [-0.05, 0) is 39.2 Å². The number of ether oxygens (including phenoxy) is 2. The van der Waals surface area contributed by atoms with Crippen molar-refractivity contribution in [2.45, 2.75) is 39.8 Å². The third-order valence-electron chi connectivity index (χ3n) is 2.99. The van der Waals surface area contributed by atoms with Gasteiger partial charge in [0.05, 0.1) is 6.61 Å². The second-order valence-corrected chi connectivity index (χ2v) is 6.17. The Bertz CT molecular complexity index is 773. The first-order valence-corrected chi connectivity index (χ1v) is 7.79. The maximum absolute atomic E-state index is 12.7. The average Bonchev–Trinajstić information content (AvgIpc) is 2.57. The molecule has 0 saturated carbocycles. The number of pyridine rings is 1. The molecule has 10 heteroatoms. The lowest BCUT2D eigenvalue weighted by Crippen LogP contribution is -2.38. The first kappa shape index (κ1) is 20.6. The Morgan fingerprint density at radius 3 is 2.58 bits per heavy atom. The van der Waals surface area contributed by atoms with Gasteiger partial charge in [0, 0.05) is 12.6 Å². The highest BCUT2D eigenvalue weighted by atomic mass is 16.6. The zero-order valence-electron chi connectivity index (χ0n) is 15.4. The van der Waals surface area contributed by atoms with Crippen LogP contribution in [0, 0.1) is 16.7 Å². The van der Waals surface area contributed by atoms with Gasteiger partial charge in [-0.25, -0.2) is 14.7 Å². The van der Waals surface area contributed by atoms with Crippen molar-refractivity contribution in [2.24, 2.45) is 0 Å². The topological polar surface area (TPSA) is 133 Å². The fourth-order valence-corrected chi connectivity index (χ4v) is 1.88. The van der Waals surface area contributed by atoms with Crippen LogP contribution in [0.25, 0.3) is 5.08 Å². The van der Waals surface area contributed by atoms with E-state index in [-0.39, 0.29) is 30.3 Å². The number of hydrogen-bond acceptors (Lipinski definition) is 8. The number of carbonyl (C=O) groups is 2. The van der Waals surface area contributed by atoms with Crippen LogP contribution >= 0.6 is 0 Å². The van der Waals surface area contributed by atoms with E-state index in [1.807, 2.05) is 6.07 Å². The summed E-state index contributed by atoms with van der Waals surface area (Å²) in [5, 5.41) is 20.5. The minimum atomic E-state index is -0.852. The maximum atomic E-state index is 12.7. The average molecular weight is 361 g/mol. The third kappa shape index (κ3) is 5.31. The summed E-state index contributed by atoms with van der Waals surface area (Å²) in [6.07, 6.45) is -0.852. The van der Waals surface area contributed by atoms with E-state index in [0.717, 1.165) is 4.90 Å². The molecule has 0 radical (unpaired) electrons. The molecule has 1 heterocycles. The lowest BCUT2D eigenvalue weighted by Gasteiger charge is -2.24. The lowest BCUT2D eigenvalue weighted by molar-refractivity contribution is 0.0282. The molecule has 10 nitrogen and oxygen atoms in total. The summed E-state index contributed by atoms with van der Waals surface area (Å²) in [6, 6.07) is 3.29. The summed E-state index contributed by atoms with van der Waals surface area (Å²) >= 11 is 0. The van der Waals surface area contributed by atoms with Gasteiger partial charge >= 0.3 is 11.2 Å². The van der Waals surface area contributed by atoms with Gasteiger partial charge in [0.25, 0.3) is 11.3 Å². The normalized spacial score (nSPS) is 10.3. The molecule has 1 rings (SSSR count). The van der Waals surface area contributed by atoms with E-state index >= 15 is 0 Å². The van der Waals surface area contributed by atoms with E-state index < -0.39 is 17.6 Å². The second-order valence-electron chi connectivity index (χ2n) is 6.17. The van der Waals surface area contributed by atoms with E-state index in [0.29, 0.717) is 5.56 Å². The molecule has 1 aromatic heterocycles. The first-order chi connectivity index (χ1) is 12.1. The fourth-order valence-electron chi connectivity index (χ4n) is 1.88. The number of nitrogens with one attached hydrogen (secondary N) is 1. The van der Waals surface area contributed by atoms with Gasteiger partial charge in [-0.3, -0.25) is 4.79 Å². The zero-order chi connectivity index (χ0) is 19.9. The number of imide groups is 1. The molecule has 138 valence electrons. The minimum absolute atomic E-state index is 0.00282. The molecular formula is C16H21N6O4+. The molecule has 1 aromatic rings. The highest BCUT2D eigenvalue weighted by Gasteiger charge is 2.29. The summed E-state index contributed by atoms with van der Waals surface area (Å²) in [7, 11) is 1.25. The molecule has 0 fully saturated rings.